The second kappa shape index (κ2) is 12.7. The molecule has 1 saturated heterocycles. The first-order valence-electron chi connectivity index (χ1n) is 15.1. The molecule has 2 fully saturated rings. The van der Waals surface area contributed by atoms with Gasteiger partial charge in [0.2, 0.25) is 0 Å². The molecular formula is C34H43N3O5S. The molecule has 0 radical (unpaired) electrons. The van der Waals surface area contributed by atoms with Crippen molar-refractivity contribution in [1.29, 1.82) is 0 Å². The normalized spacial score (nSPS) is 20.1. The number of anilines is 1. The summed E-state index contributed by atoms with van der Waals surface area (Å²) < 4.78 is 6.36. The van der Waals surface area contributed by atoms with Crippen molar-refractivity contribution in [3.8, 4) is 17.0 Å². The number of carbonyl (C=O) groups is 2. The SMILES string of the molecule is Cc1ccc(OCc2ccc(C(=O)N(C)CCC(C)(C)O)cc2C)c(-c2csc(N3C[C@H]4CCC[C@@H](C3)C4C(=O)O)n2)c1. The third kappa shape index (κ3) is 7.21. The molecule has 230 valence electrons. The lowest BCUT2D eigenvalue weighted by atomic mass is 9.69. The van der Waals surface area contributed by atoms with Crippen molar-refractivity contribution in [2.45, 2.75) is 65.6 Å². The molecule has 1 amide bonds. The molecule has 2 bridgehead atoms. The molecule has 5 rings (SSSR count). The first kappa shape index (κ1) is 31.0. The van der Waals surface area contributed by atoms with Crippen LogP contribution in [-0.2, 0) is 11.4 Å². The minimum Gasteiger partial charge on any atom is -0.488 e. The van der Waals surface area contributed by atoms with E-state index >= 15 is 0 Å². The van der Waals surface area contributed by atoms with Crippen LogP contribution in [0.3, 0.4) is 0 Å². The highest BCUT2D eigenvalue weighted by atomic mass is 32.1. The van der Waals surface area contributed by atoms with E-state index in [9.17, 15) is 19.8 Å². The number of amides is 1. The zero-order chi connectivity index (χ0) is 30.9. The molecule has 1 saturated carbocycles. The summed E-state index contributed by atoms with van der Waals surface area (Å²) in [6.07, 6.45) is 3.54. The Hall–Kier alpha value is -3.43. The average molecular weight is 606 g/mol. The Bertz CT molecular complexity index is 1460. The zero-order valence-electron chi connectivity index (χ0n) is 25.8. The van der Waals surface area contributed by atoms with Crippen molar-refractivity contribution >= 4 is 28.3 Å². The van der Waals surface area contributed by atoms with Crippen molar-refractivity contribution in [1.82, 2.24) is 9.88 Å². The molecule has 1 aliphatic heterocycles. The lowest BCUT2D eigenvalue weighted by Crippen LogP contribution is -2.51. The highest BCUT2D eigenvalue weighted by Gasteiger charge is 2.44. The van der Waals surface area contributed by atoms with Gasteiger partial charge in [-0.3, -0.25) is 9.59 Å². The van der Waals surface area contributed by atoms with E-state index in [4.69, 9.17) is 9.72 Å². The van der Waals surface area contributed by atoms with Gasteiger partial charge in [-0.05, 0) is 94.2 Å². The van der Waals surface area contributed by atoms with Crippen molar-refractivity contribution in [3.63, 3.8) is 0 Å². The number of rotatable bonds is 10. The summed E-state index contributed by atoms with van der Waals surface area (Å²) >= 11 is 1.60. The molecule has 2 heterocycles. The summed E-state index contributed by atoms with van der Waals surface area (Å²) in [4.78, 5) is 33.8. The topological polar surface area (TPSA) is 103 Å². The fourth-order valence-corrected chi connectivity index (χ4v) is 7.25. The summed E-state index contributed by atoms with van der Waals surface area (Å²) in [6.45, 7) is 9.84. The number of thiazole rings is 1. The number of aliphatic carboxylic acids is 1. The number of carboxylic acids is 1. The maximum Gasteiger partial charge on any atom is 0.307 e. The molecule has 0 spiro atoms. The van der Waals surface area contributed by atoms with Gasteiger partial charge in [0.15, 0.2) is 5.13 Å². The third-order valence-electron chi connectivity index (χ3n) is 8.91. The van der Waals surface area contributed by atoms with Crippen LogP contribution in [0.5, 0.6) is 5.75 Å². The van der Waals surface area contributed by atoms with Gasteiger partial charge in [0.25, 0.3) is 5.91 Å². The Morgan fingerprint density at radius 2 is 1.84 bits per heavy atom. The number of benzene rings is 2. The predicted octanol–water partition coefficient (Wildman–Crippen LogP) is 6.18. The van der Waals surface area contributed by atoms with Gasteiger partial charge in [0.05, 0.1) is 17.2 Å². The molecule has 1 unspecified atom stereocenters. The summed E-state index contributed by atoms with van der Waals surface area (Å²) in [5, 5.41) is 22.8. The Morgan fingerprint density at radius 3 is 2.49 bits per heavy atom. The van der Waals surface area contributed by atoms with E-state index in [2.05, 4.69) is 23.3 Å². The van der Waals surface area contributed by atoms with Crippen LogP contribution in [0.4, 0.5) is 5.13 Å². The molecule has 3 atom stereocenters. The minimum atomic E-state index is -0.821. The summed E-state index contributed by atoms with van der Waals surface area (Å²) in [5.74, 6) is 0.130. The van der Waals surface area contributed by atoms with Gasteiger partial charge < -0.3 is 24.7 Å². The molecule has 1 aliphatic carbocycles. The number of ether oxygens (including phenoxy) is 1. The van der Waals surface area contributed by atoms with Gasteiger partial charge in [-0.2, -0.15) is 0 Å². The maximum absolute atomic E-state index is 12.9. The highest BCUT2D eigenvalue weighted by Crippen LogP contribution is 2.43. The Kier molecular flexibility index (Phi) is 9.13. The second-order valence-corrected chi connectivity index (χ2v) is 13.8. The van der Waals surface area contributed by atoms with E-state index < -0.39 is 11.6 Å². The number of aliphatic hydroxyl groups is 1. The van der Waals surface area contributed by atoms with Crippen LogP contribution in [0.2, 0.25) is 0 Å². The summed E-state index contributed by atoms with van der Waals surface area (Å²) in [7, 11) is 1.76. The number of hydrogen-bond donors (Lipinski definition) is 2. The molecule has 9 heteroatoms. The molecule has 3 aromatic rings. The smallest absolute Gasteiger partial charge is 0.307 e. The average Bonchev–Trinajstić information content (AvgIpc) is 3.44. The Balaban J connectivity index is 1.28. The largest absolute Gasteiger partial charge is 0.488 e. The molecule has 2 aromatic carbocycles. The Morgan fingerprint density at radius 1 is 1.12 bits per heavy atom. The predicted molar refractivity (Wildman–Crippen MR) is 170 cm³/mol. The van der Waals surface area contributed by atoms with Gasteiger partial charge in [0.1, 0.15) is 12.4 Å². The van der Waals surface area contributed by atoms with E-state index in [1.807, 2.05) is 37.3 Å². The number of carboxylic acid groups (broad SMARTS) is 1. The molecule has 2 N–H and O–H groups in total. The Labute approximate surface area is 258 Å². The quantitative estimate of drug-likeness (QED) is 0.285. The standard InChI is InChI=1S/C34H43N3O5S/c1-21-9-12-29(42-19-26-11-10-23(16-22(26)2)31(38)36(5)14-13-34(3,4)41)27(15-21)28-20-43-33(35-28)37-17-24-7-6-8-25(18-37)30(24)32(39)40/h9-12,15-16,20,24-25,30,41H,6-8,13-14,17-19H2,1-5H3,(H,39,40)/t24-,25+,30?. The number of hydrogen-bond acceptors (Lipinski definition) is 7. The lowest BCUT2D eigenvalue weighted by Gasteiger charge is -2.45. The highest BCUT2D eigenvalue weighted by molar-refractivity contribution is 7.14. The number of nitrogens with zero attached hydrogens (tertiary/aromatic N) is 3. The van der Waals surface area contributed by atoms with Crippen LogP contribution < -0.4 is 9.64 Å². The molecule has 2 aliphatic rings. The van der Waals surface area contributed by atoms with Crippen LogP contribution in [0, 0.1) is 31.6 Å². The van der Waals surface area contributed by atoms with Crippen molar-refractivity contribution < 1.29 is 24.5 Å². The number of aryl methyl sites for hydroxylation is 2. The van der Waals surface area contributed by atoms with Gasteiger partial charge in [-0.25, -0.2) is 4.98 Å². The van der Waals surface area contributed by atoms with Gasteiger partial charge >= 0.3 is 5.97 Å². The number of piperidine rings is 1. The van der Waals surface area contributed by atoms with E-state index in [1.165, 1.54) is 0 Å². The van der Waals surface area contributed by atoms with Gasteiger partial charge in [-0.15, -0.1) is 11.3 Å². The minimum absolute atomic E-state index is 0.0733. The van der Waals surface area contributed by atoms with Crippen molar-refractivity contribution in [2.24, 2.45) is 17.8 Å². The van der Waals surface area contributed by atoms with Gasteiger partial charge in [0, 0.05) is 43.2 Å². The lowest BCUT2D eigenvalue weighted by molar-refractivity contribution is -0.148. The maximum atomic E-state index is 12.9. The van der Waals surface area contributed by atoms with Crippen LogP contribution in [-0.4, -0.2) is 64.3 Å². The molecule has 1 aromatic heterocycles. The van der Waals surface area contributed by atoms with Gasteiger partial charge in [-0.1, -0.05) is 24.1 Å². The van der Waals surface area contributed by atoms with Crippen LogP contribution in [0.1, 0.15) is 66.6 Å². The number of carbonyl (C=O) groups excluding carboxylic acids is 1. The van der Waals surface area contributed by atoms with Crippen LogP contribution in [0.25, 0.3) is 11.3 Å². The molecule has 43 heavy (non-hydrogen) atoms. The third-order valence-corrected chi connectivity index (χ3v) is 9.81. The fraction of sp³-hybridized carbons (Fsp3) is 0.500. The number of fused-ring (bicyclic) bond motifs is 2. The van der Waals surface area contributed by atoms with Crippen LogP contribution >= 0.6 is 11.3 Å². The number of aromatic nitrogens is 1. The first-order valence-corrected chi connectivity index (χ1v) is 16.0. The van der Waals surface area contributed by atoms with Crippen molar-refractivity contribution in [2.75, 3.05) is 31.6 Å². The molecular weight excluding hydrogens is 562 g/mol. The summed E-state index contributed by atoms with van der Waals surface area (Å²) in [5.41, 5.74) is 4.66. The first-order chi connectivity index (χ1) is 20.4. The zero-order valence-corrected chi connectivity index (χ0v) is 26.6. The van der Waals surface area contributed by atoms with E-state index in [0.717, 1.165) is 71.2 Å². The monoisotopic (exact) mass is 605 g/mol. The van der Waals surface area contributed by atoms with Crippen LogP contribution in [0.15, 0.2) is 41.8 Å². The summed E-state index contributed by atoms with van der Waals surface area (Å²) in [6, 6.07) is 11.8. The van der Waals surface area contributed by atoms with E-state index in [1.54, 1.807) is 37.1 Å². The fourth-order valence-electron chi connectivity index (χ4n) is 6.41. The second-order valence-electron chi connectivity index (χ2n) is 13.0. The molecule has 8 nitrogen and oxygen atoms in total. The van der Waals surface area contributed by atoms with E-state index in [0.29, 0.717) is 25.1 Å². The van der Waals surface area contributed by atoms with E-state index in [-0.39, 0.29) is 23.7 Å². The van der Waals surface area contributed by atoms with Crippen molar-refractivity contribution in [3.05, 3.63) is 64.0 Å².